The molecule has 5 heterocycles. The lowest BCUT2D eigenvalue weighted by Gasteiger charge is -2.21. The molecule has 0 spiro atoms. The molecule has 0 fully saturated rings. The highest BCUT2D eigenvalue weighted by Crippen LogP contribution is 2.36. The summed E-state index contributed by atoms with van der Waals surface area (Å²) in [7, 11) is 0. The first-order valence-electron chi connectivity index (χ1n) is 17.3. The topological polar surface area (TPSA) is 52.6 Å². The van der Waals surface area contributed by atoms with Gasteiger partial charge in [-0.1, -0.05) is 115 Å². The van der Waals surface area contributed by atoms with Crippen LogP contribution in [0, 0.1) is 0 Å². The summed E-state index contributed by atoms with van der Waals surface area (Å²) in [6.07, 6.45) is 4.39. The highest BCUT2D eigenvalue weighted by molar-refractivity contribution is 6.11. The first kappa shape index (κ1) is 28.0. The fourth-order valence-electron chi connectivity index (χ4n) is 8.10. The van der Waals surface area contributed by atoms with Gasteiger partial charge in [0.05, 0.1) is 38.8 Å². The maximum absolute atomic E-state index is 5.39. The third kappa shape index (κ3) is 4.10. The normalized spacial score (nSPS) is 13.4. The van der Waals surface area contributed by atoms with Crippen molar-refractivity contribution in [1.29, 1.82) is 0 Å². The number of nitrogens with zero attached hydrogens (tertiary/aromatic N) is 5. The van der Waals surface area contributed by atoms with Gasteiger partial charge in [-0.25, -0.2) is 4.98 Å². The van der Waals surface area contributed by atoms with E-state index >= 15 is 0 Å². The Bertz CT molecular complexity index is 2800. The Morgan fingerprint density at radius 3 is 1.22 bits per heavy atom. The van der Waals surface area contributed by atoms with Crippen molar-refractivity contribution in [1.82, 2.24) is 29.0 Å². The lowest BCUT2D eigenvalue weighted by molar-refractivity contribution is 0.908. The van der Waals surface area contributed by atoms with Crippen molar-refractivity contribution < 1.29 is 0 Å². The molecule has 6 heteroatoms. The van der Waals surface area contributed by atoms with Crippen molar-refractivity contribution >= 4 is 76.8 Å². The second kappa shape index (κ2) is 10.8. The van der Waals surface area contributed by atoms with Crippen LogP contribution in [0.2, 0.25) is 0 Å². The van der Waals surface area contributed by atoms with E-state index in [9.17, 15) is 0 Å². The van der Waals surface area contributed by atoms with E-state index in [1.54, 1.807) is 0 Å². The summed E-state index contributed by atoms with van der Waals surface area (Å²) < 4.78 is 6.82. The van der Waals surface area contributed by atoms with Gasteiger partial charge in [0.2, 0.25) is 5.95 Å². The lowest BCUT2D eigenvalue weighted by Crippen LogP contribution is -2.22. The molecule has 4 aromatic heterocycles. The molecule has 240 valence electrons. The molecule has 1 aliphatic heterocycles. The molecular weight excluding hydrogens is 625 g/mol. The quantitative estimate of drug-likeness (QED) is 0.206. The molecule has 1 aliphatic rings. The molecule has 51 heavy (non-hydrogen) atoms. The summed E-state index contributed by atoms with van der Waals surface area (Å²) in [6.45, 7) is 0.614. The largest absolute Gasteiger partial charge is 0.367 e. The molecule has 0 amide bonds. The summed E-state index contributed by atoms with van der Waals surface area (Å²) >= 11 is 0. The van der Waals surface area contributed by atoms with Crippen LogP contribution >= 0.6 is 0 Å². The van der Waals surface area contributed by atoms with Crippen molar-refractivity contribution in [2.75, 3.05) is 6.54 Å². The zero-order valence-electron chi connectivity index (χ0n) is 27.5. The van der Waals surface area contributed by atoms with E-state index in [-0.39, 0.29) is 0 Å². The van der Waals surface area contributed by atoms with Crippen molar-refractivity contribution in [2.45, 2.75) is 0 Å². The zero-order chi connectivity index (χ0) is 33.5. The van der Waals surface area contributed by atoms with Crippen LogP contribution in [0.15, 0.2) is 164 Å². The Hall–Kier alpha value is -6.92. The molecule has 0 unspecified atom stereocenters. The average molecular weight is 655 g/mol. The van der Waals surface area contributed by atoms with E-state index in [1.807, 2.05) is 0 Å². The standard InChI is InChI=1S/C45H30N6/c1-7-19-37-30(13-1)31-14-2-8-20-38(31)49(37)43-26-25-29(28-46-43)36-27-44(50-39-21-9-3-15-32(39)33-16-4-10-22-40(33)50)48-45(47-36)51-41-23-11-5-17-34(41)35-18-6-12-24-42(35)51/h1-27,46H,28H2. The summed E-state index contributed by atoms with van der Waals surface area (Å²) in [5.74, 6) is 2.50. The van der Waals surface area contributed by atoms with E-state index in [1.165, 1.54) is 43.4 Å². The van der Waals surface area contributed by atoms with Crippen molar-refractivity contribution in [3.63, 3.8) is 0 Å². The Balaban J connectivity index is 1.16. The van der Waals surface area contributed by atoms with Gasteiger partial charge in [-0.05, 0) is 48.0 Å². The fourth-order valence-corrected chi connectivity index (χ4v) is 8.10. The van der Waals surface area contributed by atoms with Gasteiger partial charge in [-0.3, -0.25) is 13.7 Å². The molecule has 0 saturated carbocycles. The van der Waals surface area contributed by atoms with Crippen LogP contribution in [0.1, 0.15) is 5.69 Å². The second-order valence-corrected chi connectivity index (χ2v) is 13.1. The van der Waals surface area contributed by atoms with E-state index < -0.39 is 0 Å². The van der Waals surface area contributed by atoms with Gasteiger partial charge in [-0.15, -0.1) is 0 Å². The summed E-state index contributed by atoms with van der Waals surface area (Å²) in [6, 6.07) is 53.6. The number of hydrogen-bond acceptors (Lipinski definition) is 3. The van der Waals surface area contributed by atoms with E-state index in [4.69, 9.17) is 9.97 Å². The number of benzene rings is 6. The fraction of sp³-hybridized carbons (Fsp3) is 0.0222. The van der Waals surface area contributed by atoms with E-state index in [0.717, 1.165) is 45.0 Å². The Morgan fingerprint density at radius 1 is 0.412 bits per heavy atom. The second-order valence-electron chi connectivity index (χ2n) is 13.1. The smallest absolute Gasteiger partial charge is 0.237 e. The number of para-hydroxylation sites is 6. The minimum atomic E-state index is 0.614. The Kier molecular flexibility index (Phi) is 5.92. The van der Waals surface area contributed by atoms with Crippen LogP contribution in [0.25, 0.3) is 88.6 Å². The van der Waals surface area contributed by atoms with Crippen molar-refractivity contribution in [3.05, 3.63) is 170 Å². The summed E-state index contributed by atoms with van der Waals surface area (Å²) in [4.78, 5) is 10.7. The highest BCUT2D eigenvalue weighted by Gasteiger charge is 2.21. The maximum atomic E-state index is 5.39. The number of hydrogen-bond donors (Lipinski definition) is 1. The lowest BCUT2D eigenvalue weighted by atomic mass is 10.1. The molecule has 1 N–H and O–H groups in total. The molecule has 10 aromatic rings. The first-order chi connectivity index (χ1) is 25.3. The summed E-state index contributed by atoms with van der Waals surface area (Å²) in [5, 5.41) is 11.0. The minimum absolute atomic E-state index is 0.614. The number of nitrogens with one attached hydrogen (secondary N) is 1. The first-order valence-corrected chi connectivity index (χ1v) is 17.3. The number of allylic oxidation sites excluding steroid dienone is 2. The SMILES string of the molecule is C1=C(c2cc(-n3c4ccccc4c4ccccc43)nc(-n3c4ccccc4c4ccccc43)n2)CNC(n2c3ccccc3c3ccccc32)=C1. The van der Waals surface area contributed by atoms with Gasteiger partial charge in [0.15, 0.2) is 0 Å². The monoisotopic (exact) mass is 654 g/mol. The Morgan fingerprint density at radius 2 is 0.804 bits per heavy atom. The molecule has 11 rings (SSSR count). The molecule has 0 aliphatic carbocycles. The van der Waals surface area contributed by atoms with Crippen LogP contribution in [0.3, 0.4) is 0 Å². The van der Waals surface area contributed by atoms with Gasteiger partial charge >= 0.3 is 0 Å². The van der Waals surface area contributed by atoms with Crippen LogP contribution in [0.5, 0.6) is 0 Å². The Labute approximate surface area is 292 Å². The van der Waals surface area contributed by atoms with E-state index in [2.05, 4.69) is 183 Å². The predicted molar refractivity (Wildman–Crippen MR) is 210 cm³/mol. The zero-order valence-corrected chi connectivity index (χ0v) is 27.5. The van der Waals surface area contributed by atoms with Gasteiger partial charge in [0.25, 0.3) is 0 Å². The van der Waals surface area contributed by atoms with Gasteiger partial charge < -0.3 is 5.32 Å². The van der Waals surface area contributed by atoms with Gasteiger partial charge in [-0.2, -0.15) is 4.98 Å². The number of rotatable bonds is 4. The van der Waals surface area contributed by atoms with E-state index in [0.29, 0.717) is 12.5 Å². The molecule has 0 atom stereocenters. The number of dihydropyridines is 1. The van der Waals surface area contributed by atoms with Crippen LogP contribution in [-0.2, 0) is 0 Å². The average Bonchev–Trinajstić information content (AvgIpc) is 3.84. The molecule has 0 saturated heterocycles. The van der Waals surface area contributed by atoms with Crippen molar-refractivity contribution in [3.8, 4) is 11.8 Å². The predicted octanol–water partition coefficient (Wildman–Crippen LogP) is 10.3. The molecule has 6 nitrogen and oxygen atoms in total. The van der Waals surface area contributed by atoms with Gasteiger partial charge in [0, 0.05) is 44.9 Å². The minimum Gasteiger partial charge on any atom is -0.367 e. The number of aromatic nitrogens is 5. The summed E-state index contributed by atoms with van der Waals surface area (Å²) in [5.41, 5.74) is 8.70. The van der Waals surface area contributed by atoms with Crippen LogP contribution in [-0.4, -0.2) is 30.2 Å². The molecule has 0 bridgehead atoms. The third-order valence-corrected chi connectivity index (χ3v) is 10.3. The number of fused-ring (bicyclic) bond motifs is 9. The highest BCUT2D eigenvalue weighted by atomic mass is 15.2. The van der Waals surface area contributed by atoms with Gasteiger partial charge in [0.1, 0.15) is 11.6 Å². The van der Waals surface area contributed by atoms with Crippen LogP contribution < -0.4 is 5.32 Å². The van der Waals surface area contributed by atoms with Crippen molar-refractivity contribution in [2.24, 2.45) is 0 Å². The third-order valence-electron chi connectivity index (χ3n) is 10.3. The maximum Gasteiger partial charge on any atom is 0.237 e. The van der Waals surface area contributed by atoms with Crippen LogP contribution in [0.4, 0.5) is 0 Å². The molecule has 0 radical (unpaired) electrons. The molecule has 6 aromatic carbocycles. The molecular formula is C45H30N6.